The van der Waals surface area contributed by atoms with Crippen molar-refractivity contribution in [2.24, 2.45) is 0 Å². The van der Waals surface area contributed by atoms with Gasteiger partial charge >= 0.3 is 0 Å². The van der Waals surface area contributed by atoms with Gasteiger partial charge in [0.15, 0.2) is 11.5 Å². The Bertz CT molecular complexity index is 1130. The van der Waals surface area contributed by atoms with E-state index in [0.29, 0.717) is 28.4 Å². The van der Waals surface area contributed by atoms with Crippen molar-refractivity contribution in [2.75, 3.05) is 30.9 Å². The molecule has 3 rings (SSSR count). The standard InChI is InChI=1S/C22H22N2O5S/c1-24(18-13-14-20(28-2)21(15-18)29-3)22(25)16-9-11-17(12-10-16)23-30(26,27)19-7-5-4-6-8-19/h4-15,23H,1-3H3. The van der Waals surface area contributed by atoms with Crippen LogP contribution in [0.3, 0.4) is 0 Å². The summed E-state index contributed by atoms with van der Waals surface area (Å²) in [5, 5.41) is 0. The highest BCUT2D eigenvalue weighted by atomic mass is 32.2. The SMILES string of the molecule is COc1ccc(N(C)C(=O)c2ccc(NS(=O)(=O)c3ccccc3)cc2)cc1OC. The van der Waals surface area contributed by atoms with Crippen LogP contribution in [-0.2, 0) is 10.0 Å². The summed E-state index contributed by atoms with van der Waals surface area (Å²) >= 11 is 0. The second-order valence-corrected chi connectivity index (χ2v) is 8.08. The van der Waals surface area contributed by atoms with Gasteiger partial charge in [-0.25, -0.2) is 8.42 Å². The number of amides is 1. The van der Waals surface area contributed by atoms with Crippen LogP contribution in [0.15, 0.2) is 77.7 Å². The Kier molecular flexibility index (Phi) is 6.27. The highest BCUT2D eigenvalue weighted by Gasteiger charge is 2.17. The fraction of sp³-hybridized carbons (Fsp3) is 0.136. The van der Waals surface area contributed by atoms with Crippen molar-refractivity contribution < 1.29 is 22.7 Å². The molecule has 7 nitrogen and oxygen atoms in total. The second kappa shape index (κ2) is 8.87. The van der Waals surface area contributed by atoms with E-state index in [9.17, 15) is 13.2 Å². The maximum absolute atomic E-state index is 12.8. The van der Waals surface area contributed by atoms with Gasteiger partial charge < -0.3 is 14.4 Å². The van der Waals surface area contributed by atoms with Crippen LogP contribution in [0, 0.1) is 0 Å². The average molecular weight is 426 g/mol. The van der Waals surface area contributed by atoms with Crippen molar-refractivity contribution >= 4 is 27.3 Å². The van der Waals surface area contributed by atoms with Crippen LogP contribution in [0.4, 0.5) is 11.4 Å². The molecule has 0 heterocycles. The molecule has 0 aliphatic rings. The molecule has 156 valence electrons. The minimum atomic E-state index is -3.69. The Hall–Kier alpha value is -3.52. The predicted molar refractivity (Wildman–Crippen MR) is 116 cm³/mol. The molecular formula is C22H22N2O5S. The summed E-state index contributed by atoms with van der Waals surface area (Å²) in [6, 6.07) is 19.5. The molecule has 0 unspecified atom stereocenters. The molecule has 1 amide bonds. The van der Waals surface area contributed by atoms with Gasteiger partial charge in [-0.3, -0.25) is 9.52 Å². The average Bonchev–Trinajstić information content (AvgIpc) is 2.78. The molecule has 0 radical (unpaired) electrons. The predicted octanol–water partition coefficient (Wildman–Crippen LogP) is 3.78. The molecule has 0 atom stereocenters. The molecule has 0 saturated carbocycles. The van der Waals surface area contributed by atoms with Crippen LogP contribution in [0.1, 0.15) is 10.4 Å². The molecule has 0 aliphatic carbocycles. The summed E-state index contributed by atoms with van der Waals surface area (Å²) in [5.41, 5.74) is 1.41. The maximum atomic E-state index is 12.8. The largest absolute Gasteiger partial charge is 0.493 e. The molecule has 0 saturated heterocycles. The van der Waals surface area contributed by atoms with Gasteiger partial charge in [0.25, 0.3) is 15.9 Å². The van der Waals surface area contributed by atoms with Crippen molar-refractivity contribution in [1.82, 2.24) is 0 Å². The number of carbonyl (C=O) groups excluding carboxylic acids is 1. The second-order valence-electron chi connectivity index (χ2n) is 6.40. The van der Waals surface area contributed by atoms with Crippen molar-refractivity contribution in [1.29, 1.82) is 0 Å². The molecule has 1 N–H and O–H groups in total. The number of sulfonamides is 1. The van der Waals surface area contributed by atoms with Gasteiger partial charge in [0.2, 0.25) is 0 Å². The molecule has 3 aromatic carbocycles. The van der Waals surface area contributed by atoms with Crippen LogP contribution in [-0.4, -0.2) is 35.6 Å². The third-order valence-electron chi connectivity index (χ3n) is 4.50. The molecule has 0 fully saturated rings. The molecule has 8 heteroatoms. The summed E-state index contributed by atoms with van der Waals surface area (Å²) in [6.45, 7) is 0. The van der Waals surface area contributed by atoms with Crippen LogP contribution in [0.25, 0.3) is 0 Å². The quantitative estimate of drug-likeness (QED) is 0.621. The summed E-state index contributed by atoms with van der Waals surface area (Å²) < 4.78 is 37.8. The smallest absolute Gasteiger partial charge is 0.261 e. The number of nitrogens with zero attached hydrogens (tertiary/aromatic N) is 1. The third-order valence-corrected chi connectivity index (χ3v) is 5.89. The molecule has 0 spiro atoms. The number of hydrogen-bond donors (Lipinski definition) is 1. The van der Waals surface area contributed by atoms with Gasteiger partial charge in [-0.1, -0.05) is 18.2 Å². The first-order valence-corrected chi connectivity index (χ1v) is 10.5. The van der Waals surface area contributed by atoms with E-state index < -0.39 is 10.0 Å². The molecule has 0 aliphatic heterocycles. The van der Waals surface area contributed by atoms with Crippen molar-refractivity contribution in [2.45, 2.75) is 4.90 Å². The number of anilines is 2. The zero-order valence-corrected chi connectivity index (χ0v) is 17.6. The monoisotopic (exact) mass is 426 g/mol. The van der Waals surface area contributed by atoms with E-state index >= 15 is 0 Å². The Morgan fingerprint density at radius 1 is 0.867 bits per heavy atom. The molecule has 3 aromatic rings. The van der Waals surface area contributed by atoms with Crippen LogP contribution < -0.4 is 19.1 Å². The lowest BCUT2D eigenvalue weighted by Gasteiger charge is -2.19. The zero-order chi connectivity index (χ0) is 21.7. The van der Waals surface area contributed by atoms with Crippen LogP contribution in [0.5, 0.6) is 11.5 Å². The summed E-state index contributed by atoms with van der Waals surface area (Å²) in [7, 11) is 1.03. The Labute approximate surface area is 175 Å². The number of carbonyl (C=O) groups is 1. The van der Waals surface area contributed by atoms with Crippen LogP contribution in [0.2, 0.25) is 0 Å². The number of benzene rings is 3. The summed E-state index contributed by atoms with van der Waals surface area (Å²) in [6.07, 6.45) is 0. The highest BCUT2D eigenvalue weighted by molar-refractivity contribution is 7.92. The highest BCUT2D eigenvalue weighted by Crippen LogP contribution is 2.31. The first-order chi connectivity index (χ1) is 14.4. The lowest BCUT2D eigenvalue weighted by Crippen LogP contribution is -2.26. The van der Waals surface area contributed by atoms with E-state index in [2.05, 4.69) is 4.72 Å². The summed E-state index contributed by atoms with van der Waals surface area (Å²) in [4.78, 5) is 14.5. The lowest BCUT2D eigenvalue weighted by molar-refractivity contribution is 0.0993. The van der Waals surface area contributed by atoms with Gasteiger partial charge in [0.1, 0.15) is 0 Å². The third kappa shape index (κ3) is 4.55. The van der Waals surface area contributed by atoms with Gasteiger partial charge in [-0.15, -0.1) is 0 Å². The Morgan fingerprint density at radius 3 is 2.10 bits per heavy atom. The van der Waals surface area contributed by atoms with Crippen LogP contribution >= 0.6 is 0 Å². The first-order valence-electron chi connectivity index (χ1n) is 9.03. The normalized spacial score (nSPS) is 10.9. The van der Waals surface area contributed by atoms with E-state index in [-0.39, 0.29) is 10.8 Å². The summed E-state index contributed by atoms with van der Waals surface area (Å²) in [5.74, 6) is 0.831. The minimum Gasteiger partial charge on any atom is -0.493 e. The molecular weight excluding hydrogens is 404 g/mol. The number of hydrogen-bond acceptors (Lipinski definition) is 5. The van der Waals surface area contributed by atoms with Gasteiger partial charge in [-0.2, -0.15) is 0 Å². The first kappa shape index (κ1) is 21.2. The van der Waals surface area contributed by atoms with E-state index in [0.717, 1.165) is 0 Å². The topological polar surface area (TPSA) is 84.9 Å². The number of nitrogens with one attached hydrogen (secondary N) is 1. The van der Waals surface area contributed by atoms with E-state index in [1.165, 1.54) is 24.1 Å². The minimum absolute atomic E-state index is 0.165. The number of rotatable bonds is 7. The van der Waals surface area contributed by atoms with E-state index in [4.69, 9.17) is 9.47 Å². The van der Waals surface area contributed by atoms with Gasteiger partial charge in [-0.05, 0) is 48.5 Å². The van der Waals surface area contributed by atoms with E-state index in [1.807, 2.05) is 0 Å². The van der Waals surface area contributed by atoms with Crippen molar-refractivity contribution in [3.8, 4) is 11.5 Å². The van der Waals surface area contributed by atoms with E-state index in [1.54, 1.807) is 74.8 Å². The maximum Gasteiger partial charge on any atom is 0.261 e. The lowest BCUT2D eigenvalue weighted by atomic mass is 10.1. The Morgan fingerprint density at radius 2 is 1.50 bits per heavy atom. The van der Waals surface area contributed by atoms with Crippen molar-refractivity contribution in [3.63, 3.8) is 0 Å². The molecule has 0 bridgehead atoms. The van der Waals surface area contributed by atoms with Crippen molar-refractivity contribution in [3.05, 3.63) is 78.4 Å². The zero-order valence-electron chi connectivity index (χ0n) is 16.8. The molecule has 30 heavy (non-hydrogen) atoms. The number of ether oxygens (including phenoxy) is 2. The number of methoxy groups -OCH3 is 2. The van der Waals surface area contributed by atoms with Gasteiger partial charge in [0, 0.05) is 30.1 Å². The molecule has 0 aromatic heterocycles. The fourth-order valence-electron chi connectivity index (χ4n) is 2.84. The fourth-order valence-corrected chi connectivity index (χ4v) is 3.92. The van der Waals surface area contributed by atoms with Gasteiger partial charge in [0.05, 0.1) is 19.1 Å². The Balaban J connectivity index is 1.76.